The molecule has 1 fully saturated rings. The number of nitrogens with zero attached hydrogens (tertiary/aromatic N) is 1. The maximum atomic E-state index is 10.0. The number of phenols is 1. The van der Waals surface area contributed by atoms with Crippen molar-refractivity contribution in [2.45, 2.75) is 38.1 Å². The summed E-state index contributed by atoms with van der Waals surface area (Å²) in [6.07, 6.45) is 5.92. The Morgan fingerprint density at radius 2 is 2.17 bits per heavy atom. The molecule has 1 aliphatic heterocycles. The SMILES string of the molecule is COc1cccc(-c2cc(O)cc(CCC3CCCCN3)c2)n1. The van der Waals surface area contributed by atoms with Gasteiger partial charge in [-0.15, -0.1) is 0 Å². The Hall–Kier alpha value is -2.07. The number of pyridine rings is 1. The number of hydrogen-bond acceptors (Lipinski definition) is 4. The van der Waals surface area contributed by atoms with Crippen LogP contribution in [0.15, 0.2) is 36.4 Å². The number of methoxy groups -OCH3 is 1. The number of piperidine rings is 1. The molecule has 23 heavy (non-hydrogen) atoms. The summed E-state index contributed by atoms with van der Waals surface area (Å²) in [6.45, 7) is 1.13. The molecule has 2 aromatic rings. The molecule has 0 saturated carbocycles. The minimum Gasteiger partial charge on any atom is -0.508 e. The van der Waals surface area contributed by atoms with E-state index in [1.807, 2.05) is 24.3 Å². The second-order valence-electron chi connectivity index (χ2n) is 6.14. The molecule has 2 heterocycles. The fraction of sp³-hybridized carbons (Fsp3) is 0.421. The van der Waals surface area contributed by atoms with Crippen LogP contribution in [0.5, 0.6) is 11.6 Å². The second kappa shape index (κ2) is 7.47. The van der Waals surface area contributed by atoms with Crippen LogP contribution in [0.4, 0.5) is 0 Å². The van der Waals surface area contributed by atoms with E-state index in [0.717, 1.165) is 36.2 Å². The van der Waals surface area contributed by atoms with Crippen molar-refractivity contribution in [3.05, 3.63) is 42.0 Å². The van der Waals surface area contributed by atoms with Crippen LogP contribution < -0.4 is 10.1 Å². The molecule has 122 valence electrons. The lowest BCUT2D eigenvalue weighted by Crippen LogP contribution is -2.34. The second-order valence-corrected chi connectivity index (χ2v) is 6.14. The van der Waals surface area contributed by atoms with Crippen molar-refractivity contribution in [3.63, 3.8) is 0 Å². The monoisotopic (exact) mass is 312 g/mol. The van der Waals surface area contributed by atoms with Gasteiger partial charge in [0.25, 0.3) is 0 Å². The van der Waals surface area contributed by atoms with Gasteiger partial charge in [0.1, 0.15) is 5.75 Å². The molecule has 2 N–H and O–H groups in total. The molecule has 0 aliphatic carbocycles. The Labute approximate surface area is 137 Å². The van der Waals surface area contributed by atoms with Gasteiger partial charge in [0.05, 0.1) is 12.8 Å². The molecule has 1 saturated heterocycles. The van der Waals surface area contributed by atoms with E-state index >= 15 is 0 Å². The van der Waals surface area contributed by atoms with E-state index in [-0.39, 0.29) is 0 Å². The smallest absolute Gasteiger partial charge is 0.213 e. The van der Waals surface area contributed by atoms with Gasteiger partial charge in [-0.1, -0.05) is 12.5 Å². The third-order valence-corrected chi connectivity index (χ3v) is 4.40. The summed E-state index contributed by atoms with van der Waals surface area (Å²) in [6, 6.07) is 12.0. The van der Waals surface area contributed by atoms with Crippen LogP contribution in [-0.2, 0) is 6.42 Å². The molecule has 1 aliphatic rings. The number of aryl methyl sites for hydroxylation is 1. The van der Waals surface area contributed by atoms with Crippen LogP contribution in [-0.4, -0.2) is 29.8 Å². The van der Waals surface area contributed by atoms with Crippen LogP contribution in [0.1, 0.15) is 31.2 Å². The fourth-order valence-corrected chi connectivity index (χ4v) is 3.17. The molecule has 0 amide bonds. The first-order chi connectivity index (χ1) is 11.2. The summed E-state index contributed by atoms with van der Waals surface area (Å²) >= 11 is 0. The molecule has 0 bridgehead atoms. The Balaban J connectivity index is 1.75. The molecule has 4 heteroatoms. The number of benzene rings is 1. The summed E-state index contributed by atoms with van der Waals surface area (Å²) in [5, 5.41) is 13.6. The highest BCUT2D eigenvalue weighted by Gasteiger charge is 2.13. The van der Waals surface area contributed by atoms with Gasteiger partial charge in [-0.3, -0.25) is 0 Å². The van der Waals surface area contributed by atoms with Gasteiger partial charge in [0.15, 0.2) is 0 Å². The number of nitrogens with one attached hydrogen (secondary N) is 1. The summed E-state index contributed by atoms with van der Waals surface area (Å²) in [5.41, 5.74) is 2.89. The van der Waals surface area contributed by atoms with Crippen molar-refractivity contribution in [2.24, 2.45) is 0 Å². The third kappa shape index (κ3) is 4.23. The average molecular weight is 312 g/mol. The van der Waals surface area contributed by atoms with Gasteiger partial charge in [-0.05, 0) is 62.1 Å². The molecule has 1 aromatic heterocycles. The lowest BCUT2D eigenvalue weighted by molar-refractivity contribution is 0.382. The summed E-state index contributed by atoms with van der Waals surface area (Å²) in [5.74, 6) is 0.873. The van der Waals surface area contributed by atoms with Gasteiger partial charge in [-0.25, -0.2) is 4.98 Å². The highest BCUT2D eigenvalue weighted by Crippen LogP contribution is 2.26. The van der Waals surface area contributed by atoms with E-state index in [1.54, 1.807) is 13.2 Å². The molecule has 0 spiro atoms. The largest absolute Gasteiger partial charge is 0.508 e. The van der Waals surface area contributed by atoms with Gasteiger partial charge in [-0.2, -0.15) is 0 Å². The zero-order valence-electron chi connectivity index (χ0n) is 13.6. The van der Waals surface area contributed by atoms with Crippen molar-refractivity contribution in [3.8, 4) is 22.9 Å². The maximum absolute atomic E-state index is 10.0. The Kier molecular flexibility index (Phi) is 5.13. The number of rotatable bonds is 5. The number of hydrogen-bond donors (Lipinski definition) is 2. The molecule has 4 nitrogen and oxygen atoms in total. The topological polar surface area (TPSA) is 54.4 Å². The molecule has 1 atom stereocenters. The molecule has 1 aromatic carbocycles. The van der Waals surface area contributed by atoms with E-state index in [4.69, 9.17) is 4.74 Å². The van der Waals surface area contributed by atoms with E-state index in [2.05, 4.69) is 16.4 Å². The lowest BCUT2D eigenvalue weighted by Gasteiger charge is -2.23. The lowest BCUT2D eigenvalue weighted by atomic mass is 9.96. The molecular formula is C19H24N2O2. The van der Waals surface area contributed by atoms with E-state index in [9.17, 15) is 5.11 Å². The van der Waals surface area contributed by atoms with Crippen LogP contribution in [0.25, 0.3) is 11.3 Å². The first-order valence-electron chi connectivity index (χ1n) is 8.32. The minimum atomic E-state index is 0.290. The van der Waals surface area contributed by atoms with Gasteiger partial charge < -0.3 is 15.2 Å². The van der Waals surface area contributed by atoms with Gasteiger partial charge in [0, 0.05) is 17.7 Å². The first-order valence-corrected chi connectivity index (χ1v) is 8.32. The summed E-state index contributed by atoms with van der Waals surface area (Å²) in [7, 11) is 1.61. The quantitative estimate of drug-likeness (QED) is 0.886. The predicted octanol–water partition coefficient (Wildman–Crippen LogP) is 3.54. The number of ether oxygens (including phenoxy) is 1. The van der Waals surface area contributed by atoms with Crippen LogP contribution in [0, 0.1) is 0 Å². The Morgan fingerprint density at radius 3 is 2.96 bits per heavy atom. The summed E-state index contributed by atoms with van der Waals surface area (Å²) < 4.78 is 5.18. The number of aromatic nitrogens is 1. The van der Waals surface area contributed by atoms with Crippen molar-refractivity contribution in [1.82, 2.24) is 10.3 Å². The van der Waals surface area contributed by atoms with E-state index in [1.165, 1.54) is 19.3 Å². The highest BCUT2D eigenvalue weighted by atomic mass is 16.5. The highest BCUT2D eigenvalue weighted by molar-refractivity contribution is 5.63. The molecule has 1 unspecified atom stereocenters. The van der Waals surface area contributed by atoms with E-state index in [0.29, 0.717) is 17.7 Å². The minimum absolute atomic E-state index is 0.290. The van der Waals surface area contributed by atoms with Crippen LogP contribution in [0.2, 0.25) is 0 Å². The molecular weight excluding hydrogens is 288 g/mol. The first kappa shape index (κ1) is 15.8. The summed E-state index contributed by atoms with van der Waals surface area (Å²) in [4.78, 5) is 4.45. The zero-order chi connectivity index (χ0) is 16.1. The van der Waals surface area contributed by atoms with Crippen molar-refractivity contribution in [1.29, 1.82) is 0 Å². The van der Waals surface area contributed by atoms with E-state index < -0.39 is 0 Å². The molecule has 0 radical (unpaired) electrons. The van der Waals surface area contributed by atoms with Crippen molar-refractivity contribution >= 4 is 0 Å². The number of aromatic hydroxyl groups is 1. The Morgan fingerprint density at radius 1 is 1.26 bits per heavy atom. The zero-order valence-corrected chi connectivity index (χ0v) is 13.6. The van der Waals surface area contributed by atoms with Crippen LogP contribution >= 0.6 is 0 Å². The average Bonchev–Trinajstić information content (AvgIpc) is 2.60. The van der Waals surface area contributed by atoms with Crippen molar-refractivity contribution < 1.29 is 9.84 Å². The maximum Gasteiger partial charge on any atom is 0.213 e. The third-order valence-electron chi connectivity index (χ3n) is 4.40. The normalized spacial score (nSPS) is 17.9. The van der Waals surface area contributed by atoms with Gasteiger partial charge in [0.2, 0.25) is 5.88 Å². The van der Waals surface area contributed by atoms with Crippen LogP contribution in [0.3, 0.4) is 0 Å². The molecule has 3 rings (SSSR count). The standard InChI is InChI=1S/C19H24N2O2/c1-23-19-7-4-6-18(21-19)15-11-14(12-17(22)13-15)8-9-16-5-2-3-10-20-16/h4,6-7,11-13,16,20,22H,2-3,5,8-10H2,1H3. The predicted molar refractivity (Wildman–Crippen MR) is 91.9 cm³/mol. The fourth-order valence-electron chi connectivity index (χ4n) is 3.17. The van der Waals surface area contributed by atoms with Crippen molar-refractivity contribution in [2.75, 3.05) is 13.7 Å². The number of phenolic OH excluding ortho intramolecular Hbond substituents is 1. The Bertz CT molecular complexity index is 652. The van der Waals surface area contributed by atoms with Gasteiger partial charge >= 0.3 is 0 Å².